The van der Waals surface area contributed by atoms with E-state index in [1.54, 1.807) is 6.20 Å². The molecule has 6 heteroatoms. The minimum absolute atomic E-state index is 0.0186. The number of nitrogens with zero attached hydrogens (tertiary/aromatic N) is 2. The summed E-state index contributed by atoms with van der Waals surface area (Å²) in [5, 5.41) is 9.54. The molecular weight excluding hydrogens is 455 g/mol. The summed E-state index contributed by atoms with van der Waals surface area (Å²) in [5.41, 5.74) is 1.14. The molecule has 3 atom stereocenters. The molecule has 27 heavy (non-hydrogen) atoms. The maximum atomic E-state index is 9.54. The van der Waals surface area contributed by atoms with Crippen molar-refractivity contribution in [1.29, 1.82) is 0 Å². The summed E-state index contributed by atoms with van der Waals surface area (Å²) in [5.74, 6) is 0.856. The fraction of sp³-hybridized carbons (Fsp3) is 0.476. The van der Waals surface area contributed by atoms with E-state index in [1.807, 2.05) is 13.1 Å². The van der Waals surface area contributed by atoms with Crippen LogP contribution in [0.2, 0.25) is 0 Å². The van der Waals surface area contributed by atoms with E-state index < -0.39 is 0 Å². The molecule has 1 fully saturated rings. The molecule has 2 aromatic rings. The molecule has 5 nitrogen and oxygen atoms in total. The highest BCUT2D eigenvalue weighted by Gasteiger charge is 2.22. The summed E-state index contributed by atoms with van der Waals surface area (Å²) in [6.45, 7) is 2.88. The summed E-state index contributed by atoms with van der Waals surface area (Å²) in [6.07, 6.45) is 11.4. The first-order valence-corrected chi connectivity index (χ1v) is 10.6. The highest BCUT2D eigenvalue weighted by molar-refractivity contribution is 14.1. The van der Waals surface area contributed by atoms with Crippen LogP contribution >= 0.6 is 22.6 Å². The Morgan fingerprint density at radius 1 is 1.37 bits per heavy atom. The Morgan fingerprint density at radius 2 is 2.19 bits per heavy atom. The van der Waals surface area contributed by atoms with Crippen LogP contribution in [-0.2, 0) is 9.47 Å². The number of hydrogen-bond donors (Lipinski definition) is 1. The highest BCUT2D eigenvalue weighted by atomic mass is 127. The molecule has 0 bridgehead atoms. The standard InChI is InChI=1S/C21H27IN2O3/c1-16(27-20-4-2-3-15-26-20)21-23-12-13-24(21)19(11-14-25)10-7-17-5-8-18(22)9-6-17/h5-10,12-13,16,19-20,25H,2-4,11,14-15H2,1H3/b10-7+. The quantitative estimate of drug-likeness (QED) is 0.553. The topological polar surface area (TPSA) is 56.5 Å². The lowest BCUT2D eigenvalue weighted by atomic mass is 10.1. The van der Waals surface area contributed by atoms with Gasteiger partial charge in [-0.15, -0.1) is 0 Å². The van der Waals surface area contributed by atoms with Crippen LogP contribution in [-0.4, -0.2) is 34.2 Å². The van der Waals surface area contributed by atoms with Crippen LogP contribution in [0.3, 0.4) is 0 Å². The SMILES string of the molecule is CC(OC1CCCCO1)c1nccn1C(/C=C/c1ccc(I)cc1)CCO. The second-order valence-corrected chi connectivity index (χ2v) is 8.00. The van der Waals surface area contributed by atoms with E-state index in [-0.39, 0.29) is 25.0 Å². The number of aliphatic hydroxyl groups is 1. The van der Waals surface area contributed by atoms with Gasteiger partial charge in [0.15, 0.2) is 6.29 Å². The molecule has 1 aromatic heterocycles. The Hall–Kier alpha value is -1.22. The van der Waals surface area contributed by atoms with Crippen molar-refractivity contribution in [2.45, 2.75) is 51.0 Å². The summed E-state index contributed by atoms with van der Waals surface area (Å²) >= 11 is 2.30. The van der Waals surface area contributed by atoms with Gasteiger partial charge in [0, 0.05) is 29.2 Å². The van der Waals surface area contributed by atoms with Gasteiger partial charge in [-0.05, 0) is 72.9 Å². The van der Waals surface area contributed by atoms with Crippen LogP contribution in [0.15, 0.2) is 42.7 Å². The molecule has 1 N–H and O–H groups in total. The van der Waals surface area contributed by atoms with Gasteiger partial charge < -0.3 is 19.1 Å². The normalized spacial score (nSPS) is 20.0. The molecular formula is C21H27IN2O3. The molecule has 1 aromatic carbocycles. The molecule has 3 rings (SSSR count). The number of hydrogen-bond acceptors (Lipinski definition) is 4. The first-order chi connectivity index (χ1) is 13.2. The van der Waals surface area contributed by atoms with E-state index in [9.17, 15) is 5.11 Å². The van der Waals surface area contributed by atoms with Crippen molar-refractivity contribution in [3.05, 3.63) is 57.7 Å². The van der Waals surface area contributed by atoms with Crippen molar-refractivity contribution in [2.24, 2.45) is 0 Å². The number of ether oxygens (including phenoxy) is 2. The van der Waals surface area contributed by atoms with Crippen LogP contribution < -0.4 is 0 Å². The number of halogens is 1. The lowest BCUT2D eigenvalue weighted by Gasteiger charge is -2.27. The number of aromatic nitrogens is 2. The second kappa shape index (κ2) is 10.4. The number of aliphatic hydroxyl groups excluding tert-OH is 1. The highest BCUT2D eigenvalue weighted by Crippen LogP contribution is 2.26. The summed E-state index contributed by atoms with van der Waals surface area (Å²) in [4.78, 5) is 4.52. The molecule has 0 saturated carbocycles. The Bertz CT molecular complexity index is 723. The van der Waals surface area contributed by atoms with E-state index in [0.29, 0.717) is 6.42 Å². The third-order valence-electron chi connectivity index (χ3n) is 4.72. The summed E-state index contributed by atoms with van der Waals surface area (Å²) in [7, 11) is 0. The van der Waals surface area contributed by atoms with E-state index in [2.05, 4.69) is 68.6 Å². The number of imidazole rings is 1. The largest absolute Gasteiger partial charge is 0.396 e. The van der Waals surface area contributed by atoms with E-state index in [0.717, 1.165) is 37.3 Å². The lowest BCUT2D eigenvalue weighted by Crippen LogP contribution is -2.25. The molecule has 146 valence electrons. The first-order valence-electron chi connectivity index (χ1n) is 9.52. The monoisotopic (exact) mass is 482 g/mol. The van der Waals surface area contributed by atoms with Crippen molar-refractivity contribution in [3.63, 3.8) is 0 Å². The minimum Gasteiger partial charge on any atom is -0.396 e. The van der Waals surface area contributed by atoms with Crippen molar-refractivity contribution < 1.29 is 14.6 Å². The molecule has 0 aliphatic carbocycles. The van der Waals surface area contributed by atoms with Gasteiger partial charge in [0.25, 0.3) is 0 Å². The number of allylic oxidation sites excluding steroid dienone is 1. The Labute approximate surface area is 174 Å². The fourth-order valence-corrected chi connectivity index (χ4v) is 3.64. The Kier molecular flexibility index (Phi) is 7.87. The molecule has 1 aliphatic rings. The molecule has 0 amide bonds. The third kappa shape index (κ3) is 5.88. The molecule has 1 saturated heterocycles. The van der Waals surface area contributed by atoms with Crippen LogP contribution in [0.25, 0.3) is 6.08 Å². The van der Waals surface area contributed by atoms with Crippen LogP contribution in [0, 0.1) is 3.57 Å². The van der Waals surface area contributed by atoms with Gasteiger partial charge in [-0.3, -0.25) is 0 Å². The zero-order chi connectivity index (χ0) is 19.1. The van der Waals surface area contributed by atoms with Crippen LogP contribution in [0.4, 0.5) is 0 Å². The smallest absolute Gasteiger partial charge is 0.158 e. The zero-order valence-corrected chi connectivity index (χ0v) is 17.8. The van der Waals surface area contributed by atoms with Crippen molar-refractivity contribution >= 4 is 28.7 Å². The molecule has 2 heterocycles. The van der Waals surface area contributed by atoms with Gasteiger partial charge in [0.1, 0.15) is 11.9 Å². The van der Waals surface area contributed by atoms with Crippen molar-refractivity contribution in [1.82, 2.24) is 9.55 Å². The maximum absolute atomic E-state index is 9.54. The Morgan fingerprint density at radius 3 is 2.89 bits per heavy atom. The molecule has 3 unspecified atom stereocenters. The maximum Gasteiger partial charge on any atom is 0.158 e. The van der Waals surface area contributed by atoms with Crippen molar-refractivity contribution in [3.8, 4) is 0 Å². The van der Waals surface area contributed by atoms with Gasteiger partial charge >= 0.3 is 0 Å². The summed E-state index contributed by atoms with van der Waals surface area (Å²) in [6, 6.07) is 8.38. The predicted molar refractivity (Wildman–Crippen MR) is 114 cm³/mol. The average molecular weight is 482 g/mol. The molecule has 0 radical (unpaired) electrons. The minimum atomic E-state index is -0.170. The van der Waals surface area contributed by atoms with Crippen molar-refractivity contribution in [2.75, 3.05) is 13.2 Å². The van der Waals surface area contributed by atoms with E-state index in [4.69, 9.17) is 9.47 Å². The van der Waals surface area contributed by atoms with Crippen LogP contribution in [0.5, 0.6) is 0 Å². The predicted octanol–water partition coefficient (Wildman–Crippen LogP) is 4.73. The fourth-order valence-electron chi connectivity index (χ4n) is 3.28. The van der Waals surface area contributed by atoms with Gasteiger partial charge in [-0.2, -0.15) is 0 Å². The van der Waals surface area contributed by atoms with E-state index >= 15 is 0 Å². The zero-order valence-electron chi connectivity index (χ0n) is 15.6. The molecule has 1 aliphatic heterocycles. The van der Waals surface area contributed by atoms with Gasteiger partial charge in [-0.1, -0.05) is 24.3 Å². The summed E-state index contributed by atoms with van der Waals surface area (Å²) < 4.78 is 15.1. The molecule has 0 spiro atoms. The van der Waals surface area contributed by atoms with Crippen LogP contribution in [0.1, 0.15) is 56.1 Å². The Balaban J connectivity index is 1.73. The van der Waals surface area contributed by atoms with Gasteiger partial charge in [0.05, 0.1) is 6.04 Å². The second-order valence-electron chi connectivity index (χ2n) is 6.76. The average Bonchev–Trinajstić information content (AvgIpc) is 3.17. The van der Waals surface area contributed by atoms with Gasteiger partial charge in [0.2, 0.25) is 0 Å². The third-order valence-corrected chi connectivity index (χ3v) is 5.44. The first kappa shape index (κ1) is 20.5. The van der Waals surface area contributed by atoms with E-state index in [1.165, 1.54) is 3.57 Å². The number of benzene rings is 1. The lowest BCUT2D eigenvalue weighted by molar-refractivity contribution is -0.188. The van der Waals surface area contributed by atoms with Gasteiger partial charge in [-0.25, -0.2) is 4.98 Å². The number of rotatable bonds is 8.